The van der Waals surface area contributed by atoms with Gasteiger partial charge in [-0.25, -0.2) is 4.79 Å². The molecule has 0 aliphatic heterocycles. The molecule has 0 amide bonds. The maximum atomic E-state index is 12.4. The standard InChI is InChI=1S/C16H22BrNO2/c1-3-20-15(19)16(9-7-12(2)8-10-16)18-14-6-4-5-13(17)11-14/h4-6,11-12,18H,3,7-10H2,1-2H3. The van der Waals surface area contributed by atoms with E-state index in [1.807, 2.05) is 31.2 Å². The van der Waals surface area contributed by atoms with Crippen LogP contribution in [0.1, 0.15) is 39.5 Å². The van der Waals surface area contributed by atoms with Crippen LogP contribution in [0.2, 0.25) is 0 Å². The number of benzene rings is 1. The van der Waals surface area contributed by atoms with Crippen molar-refractivity contribution in [1.82, 2.24) is 0 Å². The van der Waals surface area contributed by atoms with Crippen LogP contribution in [0.15, 0.2) is 28.7 Å². The van der Waals surface area contributed by atoms with E-state index >= 15 is 0 Å². The highest BCUT2D eigenvalue weighted by molar-refractivity contribution is 9.10. The van der Waals surface area contributed by atoms with Gasteiger partial charge in [0.1, 0.15) is 5.54 Å². The SMILES string of the molecule is CCOC(=O)C1(Nc2cccc(Br)c2)CCC(C)CC1. The molecule has 0 bridgehead atoms. The number of hydrogen-bond acceptors (Lipinski definition) is 3. The molecule has 0 aromatic heterocycles. The van der Waals surface area contributed by atoms with Gasteiger partial charge in [0.05, 0.1) is 6.61 Å². The van der Waals surface area contributed by atoms with E-state index < -0.39 is 5.54 Å². The lowest BCUT2D eigenvalue weighted by Crippen LogP contribution is -2.50. The summed E-state index contributed by atoms with van der Waals surface area (Å²) in [6.45, 7) is 4.53. The van der Waals surface area contributed by atoms with Gasteiger partial charge in [0.25, 0.3) is 0 Å². The van der Waals surface area contributed by atoms with Gasteiger partial charge in [0.2, 0.25) is 0 Å². The third-order valence-corrected chi connectivity index (χ3v) is 4.50. The topological polar surface area (TPSA) is 38.3 Å². The summed E-state index contributed by atoms with van der Waals surface area (Å²) in [4.78, 5) is 12.4. The fourth-order valence-electron chi connectivity index (χ4n) is 2.75. The third-order valence-electron chi connectivity index (χ3n) is 4.00. The van der Waals surface area contributed by atoms with Crippen LogP contribution in [-0.4, -0.2) is 18.1 Å². The molecule has 0 unspecified atom stereocenters. The second-order valence-corrected chi connectivity index (χ2v) is 6.54. The summed E-state index contributed by atoms with van der Waals surface area (Å²) < 4.78 is 6.31. The Morgan fingerprint density at radius 3 is 2.75 bits per heavy atom. The van der Waals surface area contributed by atoms with Crippen molar-refractivity contribution in [3.8, 4) is 0 Å². The lowest BCUT2D eigenvalue weighted by Gasteiger charge is -2.38. The van der Waals surface area contributed by atoms with Gasteiger partial charge in [-0.15, -0.1) is 0 Å². The van der Waals surface area contributed by atoms with Crippen molar-refractivity contribution in [2.75, 3.05) is 11.9 Å². The van der Waals surface area contributed by atoms with Crippen molar-refractivity contribution >= 4 is 27.6 Å². The molecule has 1 aliphatic rings. The van der Waals surface area contributed by atoms with Crippen molar-refractivity contribution in [2.24, 2.45) is 5.92 Å². The molecule has 1 saturated carbocycles. The second kappa shape index (κ2) is 6.61. The van der Waals surface area contributed by atoms with Crippen LogP contribution in [0.25, 0.3) is 0 Å². The minimum atomic E-state index is -0.566. The normalized spacial score (nSPS) is 26.1. The number of esters is 1. The maximum Gasteiger partial charge on any atom is 0.331 e. The summed E-state index contributed by atoms with van der Waals surface area (Å²) in [7, 11) is 0. The van der Waals surface area contributed by atoms with Crippen LogP contribution in [-0.2, 0) is 9.53 Å². The number of hydrogen-bond donors (Lipinski definition) is 1. The van der Waals surface area contributed by atoms with E-state index in [4.69, 9.17) is 4.74 Å². The molecule has 0 heterocycles. The average Bonchev–Trinajstić information content (AvgIpc) is 2.42. The van der Waals surface area contributed by atoms with Crippen molar-refractivity contribution in [2.45, 2.75) is 45.1 Å². The number of carbonyl (C=O) groups excluding carboxylic acids is 1. The number of anilines is 1. The van der Waals surface area contributed by atoms with E-state index in [0.29, 0.717) is 12.5 Å². The third kappa shape index (κ3) is 3.54. The van der Waals surface area contributed by atoms with Crippen LogP contribution in [0.4, 0.5) is 5.69 Å². The first-order valence-corrected chi connectivity index (χ1v) is 8.06. The summed E-state index contributed by atoms with van der Waals surface area (Å²) in [6, 6.07) is 7.94. The second-order valence-electron chi connectivity index (χ2n) is 5.62. The fourth-order valence-corrected chi connectivity index (χ4v) is 3.15. The summed E-state index contributed by atoms with van der Waals surface area (Å²) in [5.41, 5.74) is 0.394. The molecule has 110 valence electrons. The van der Waals surface area contributed by atoms with Gasteiger partial charge in [-0.3, -0.25) is 0 Å². The number of halogens is 1. The van der Waals surface area contributed by atoms with Crippen LogP contribution in [0.3, 0.4) is 0 Å². The molecule has 0 spiro atoms. The minimum Gasteiger partial charge on any atom is -0.464 e. The Balaban J connectivity index is 2.20. The zero-order chi connectivity index (χ0) is 14.6. The van der Waals surface area contributed by atoms with Crippen LogP contribution < -0.4 is 5.32 Å². The number of rotatable bonds is 4. The van der Waals surface area contributed by atoms with Gasteiger partial charge in [-0.2, -0.15) is 0 Å². The zero-order valence-corrected chi connectivity index (χ0v) is 13.7. The number of ether oxygens (including phenoxy) is 1. The van der Waals surface area contributed by atoms with Crippen LogP contribution in [0, 0.1) is 5.92 Å². The van der Waals surface area contributed by atoms with Crippen LogP contribution in [0.5, 0.6) is 0 Å². The highest BCUT2D eigenvalue weighted by atomic mass is 79.9. The molecule has 1 fully saturated rings. The quantitative estimate of drug-likeness (QED) is 0.827. The molecule has 1 N–H and O–H groups in total. The minimum absolute atomic E-state index is 0.119. The van der Waals surface area contributed by atoms with Crippen molar-refractivity contribution in [1.29, 1.82) is 0 Å². The Labute approximate surface area is 129 Å². The van der Waals surface area contributed by atoms with Crippen LogP contribution >= 0.6 is 15.9 Å². The molecule has 1 aromatic carbocycles. The van der Waals surface area contributed by atoms with Gasteiger partial charge in [-0.05, 0) is 56.7 Å². The first-order chi connectivity index (χ1) is 9.55. The summed E-state index contributed by atoms with van der Waals surface area (Å²) >= 11 is 3.47. The fraction of sp³-hybridized carbons (Fsp3) is 0.562. The number of carbonyl (C=O) groups is 1. The largest absolute Gasteiger partial charge is 0.464 e. The molecule has 3 nitrogen and oxygen atoms in total. The molecule has 1 aromatic rings. The molecule has 0 atom stereocenters. The van der Waals surface area contributed by atoms with Gasteiger partial charge in [0, 0.05) is 10.2 Å². The number of nitrogens with one attached hydrogen (secondary N) is 1. The van der Waals surface area contributed by atoms with E-state index in [-0.39, 0.29) is 5.97 Å². The van der Waals surface area contributed by atoms with Crippen molar-refractivity contribution < 1.29 is 9.53 Å². The summed E-state index contributed by atoms with van der Waals surface area (Å²) in [5.74, 6) is 0.564. The van der Waals surface area contributed by atoms with Gasteiger partial charge >= 0.3 is 5.97 Å². The van der Waals surface area contributed by atoms with Crippen molar-refractivity contribution in [3.05, 3.63) is 28.7 Å². The molecule has 0 saturated heterocycles. The first kappa shape index (κ1) is 15.4. The molecule has 4 heteroatoms. The smallest absolute Gasteiger partial charge is 0.331 e. The van der Waals surface area contributed by atoms with E-state index in [0.717, 1.165) is 35.8 Å². The first-order valence-electron chi connectivity index (χ1n) is 7.27. The molecule has 2 rings (SSSR count). The molecule has 0 radical (unpaired) electrons. The van der Waals surface area contributed by atoms with E-state index in [1.54, 1.807) is 0 Å². The van der Waals surface area contributed by atoms with Gasteiger partial charge in [-0.1, -0.05) is 28.9 Å². The highest BCUT2D eigenvalue weighted by Crippen LogP contribution is 2.36. The predicted molar refractivity (Wildman–Crippen MR) is 84.8 cm³/mol. The average molecular weight is 340 g/mol. The lowest BCUT2D eigenvalue weighted by atomic mass is 9.77. The Hall–Kier alpha value is -1.03. The van der Waals surface area contributed by atoms with Gasteiger partial charge < -0.3 is 10.1 Å². The Morgan fingerprint density at radius 1 is 1.45 bits per heavy atom. The molecule has 20 heavy (non-hydrogen) atoms. The molecular formula is C16H22BrNO2. The Bertz CT molecular complexity index is 467. The van der Waals surface area contributed by atoms with E-state index in [2.05, 4.69) is 28.2 Å². The maximum absolute atomic E-state index is 12.4. The zero-order valence-electron chi connectivity index (χ0n) is 12.1. The summed E-state index contributed by atoms with van der Waals surface area (Å²) in [6.07, 6.45) is 3.78. The monoisotopic (exact) mass is 339 g/mol. The molecule has 1 aliphatic carbocycles. The molecular weight excluding hydrogens is 318 g/mol. The van der Waals surface area contributed by atoms with E-state index in [9.17, 15) is 4.79 Å². The Morgan fingerprint density at radius 2 is 2.15 bits per heavy atom. The Kier molecular flexibility index (Phi) is 5.08. The van der Waals surface area contributed by atoms with E-state index in [1.165, 1.54) is 0 Å². The van der Waals surface area contributed by atoms with Gasteiger partial charge in [0.15, 0.2) is 0 Å². The van der Waals surface area contributed by atoms with Crippen molar-refractivity contribution in [3.63, 3.8) is 0 Å². The summed E-state index contributed by atoms with van der Waals surface area (Å²) in [5, 5.41) is 3.44. The lowest BCUT2D eigenvalue weighted by molar-refractivity contribution is -0.150. The highest BCUT2D eigenvalue weighted by Gasteiger charge is 2.42. The predicted octanol–water partition coefficient (Wildman–Crippen LogP) is 4.37.